The molecule has 1 saturated carbocycles. The van der Waals surface area contributed by atoms with E-state index < -0.39 is 5.97 Å². The minimum atomic E-state index is -0.763. The molecule has 1 aliphatic rings. The first-order valence-corrected chi connectivity index (χ1v) is 6.69. The number of ether oxygens (including phenoxy) is 1. The van der Waals surface area contributed by atoms with Gasteiger partial charge in [0.15, 0.2) is 0 Å². The fourth-order valence-electron chi connectivity index (χ4n) is 2.36. The van der Waals surface area contributed by atoms with Crippen LogP contribution in [0.1, 0.15) is 25.3 Å². The maximum absolute atomic E-state index is 11.0. The van der Waals surface area contributed by atoms with Crippen LogP contribution in [0.3, 0.4) is 0 Å². The van der Waals surface area contributed by atoms with Crippen molar-refractivity contribution in [2.45, 2.75) is 32.4 Å². The second-order valence-electron chi connectivity index (χ2n) is 5.22. The van der Waals surface area contributed by atoms with Crippen LogP contribution in [0.2, 0.25) is 0 Å². The Morgan fingerprint density at radius 3 is 2.53 bits per heavy atom. The second-order valence-corrected chi connectivity index (χ2v) is 5.22. The summed E-state index contributed by atoms with van der Waals surface area (Å²) in [5, 5.41) is 9.03. The molecule has 104 valence electrons. The number of benzene rings is 1. The van der Waals surface area contributed by atoms with Crippen molar-refractivity contribution in [2.75, 3.05) is 13.7 Å². The minimum Gasteiger partial charge on any atom is -0.497 e. The Kier molecular flexibility index (Phi) is 4.43. The summed E-state index contributed by atoms with van der Waals surface area (Å²) in [5.74, 6) is 0.724. The molecule has 4 nitrogen and oxygen atoms in total. The van der Waals surface area contributed by atoms with Crippen LogP contribution in [0.4, 0.5) is 0 Å². The summed E-state index contributed by atoms with van der Waals surface area (Å²) >= 11 is 0. The normalized spacial score (nSPS) is 16.4. The average Bonchev–Trinajstić information content (AvgIpc) is 3.22. The molecule has 19 heavy (non-hydrogen) atoms. The topological polar surface area (TPSA) is 49.8 Å². The number of methoxy groups -OCH3 is 1. The summed E-state index contributed by atoms with van der Waals surface area (Å²) in [6, 6.07) is 8.14. The number of carboxylic acids is 1. The molecule has 4 heteroatoms. The highest BCUT2D eigenvalue weighted by Gasteiger charge is 2.32. The lowest BCUT2D eigenvalue weighted by Gasteiger charge is -2.27. The van der Waals surface area contributed by atoms with Gasteiger partial charge >= 0.3 is 5.97 Å². The van der Waals surface area contributed by atoms with E-state index in [9.17, 15) is 4.79 Å². The van der Waals surface area contributed by atoms with Gasteiger partial charge in [0, 0.05) is 12.6 Å². The van der Waals surface area contributed by atoms with Gasteiger partial charge in [0.1, 0.15) is 5.75 Å². The van der Waals surface area contributed by atoms with Gasteiger partial charge in [-0.1, -0.05) is 12.1 Å². The Morgan fingerprint density at radius 1 is 1.42 bits per heavy atom. The molecule has 1 aliphatic carbocycles. The third kappa shape index (κ3) is 3.96. The van der Waals surface area contributed by atoms with Crippen LogP contribution in [0.5, 0.6) is 5.75 Å². The van der Waals surface area contributed by atoms with Crippen molar-refractivity contribution in [3.63, 3.8) is 0 Å². The lowest BCUT2D eigenvalue weighted by molar-refractivity contribution is -0.139. The summed E-state index contributed by atoms with van der Waals surface area (Å²) < 4.78 is 5.13. The van der Waals surface area contributed by atoms with Crippen LogP contribution in [0, 0.1) is 5.92 Å². The van der Waals surface area contributed by atoms with Gasteiger partial charge in [-0.25, -0.2) is 0 Å². The summed E-state index contributed by atoms with van der Waals surface area (Å²) in [6.07, 6.45) is 2.44. The highest BCUT2D eigenvalue weighted by molar-refractivity contribution is 5.69. The SMILES string of the molecule is COc1ccc(CN(CC(=O)O)C(C)C2CC2)cc1. The minimum absolute atomic E-state index is 0.101. The summed E-state index contributed by atoms with van der Waals surface area (Å²) in [4.78, 5) is 13.0. The maximum Gasteiger partial charge on any atom is 0.317 e. The molecule has 0 bridgehead atoms. The van der Waals surface area contributed by atoms with Crippen molar-refractivity contribution in [1.82, 2.24) is 4.90 Å². The quantitative estimate of drug-likeness (QED) is 0.820. The first kappa shape index (κ1) is 13.9. The fourth-order valence-corrected chi connectivity index (χ4v) is 2.36. The van der Waals surface area contributed by atoms with Crippen LogP contribution >= 0.6 is 0 Å². The zero-order chi connectivity index (χ0) is 13.8. The number of carbonyl (C=O) groups is 1. The predicted molar refractivity (Wildman–Crippen MR) is 73.2 cm³/mol. The van der Waals surface area contributed by atoms with Crippen LogP contribution in [0.15, 0.2) is 24.3 Å². The highest BCUT2D eigenvalue weighted by atomic mass is 16.5. The molecule has 2 rings (SSSR count). The Morgan fingerprint density at radius 2 is 2.05 bits per heavy atom. The zero-order valence-corrected chi connectivity index (χ0v) is 11.5. The van der Waals surface area contributed by atoms with Crippen molar-refractivity contribution in [3.05, 3.63) is 29.8 Å². The van der Waals surface area contributed by atoms with Crippen molar-refractivity contribution in [1.29, 1.82) is 0 Å². The summed E-state index contributed by atoms with van der Waals surface area (Å²) in [7, 11) is 1.64. The Labute approximate surface area is 114 Å². The molecule has 0 radical (unpaired) electrons. The van der Waals surface area contributed by atoms with Crippen molar-refractivity contribution < 1.29 is 14.6 Å². The van der Waals surface area contributed by atoms with E-state index in [0.717, 1.165) is 11.3 Å². The van der Waals surface area contributed by atoms with Crippen LogP contribution in [-0.2, 0) is 11.3 Å². The zero-order valence-electron chi connectivity index (χ0n) is 11.5. The van der Waals surface area contributed by atoms with E-state index in [1.165, 1.54) is 12.8 Å². The molecule has 0 aliphatic heterocycles. The number of nitrogens with zero attached hydrogens (tertiary/aromatic N) is 1. The highest BCUT2D eigenvalue weighted by Crippen LogP contribution is 2.35. The van der Waals surface area contributed by atoms with Gasteiger partial charge < -0.3 is 9.84 Å². The first-order chi connectivity index (χ1) is 9.10. The molecule has 1 aromatic carbocycles. The summed E-state index contributed by atoms with van der Waals surface area (Å²) in [6.45, 7) is 2.90. The second kappa shape index (κ2) is 6.06. The molecule has 1 aromatic rings. The Balaban J connectivity index is 2.02. The number of aliphatic carboxylic acids is 1. The van der Waals surface area contributed by atoms with Gasteiger partial charge in [-0.3, -0.25) is 9.69 Å². The Bertz CT molecular complexity index is 426. The van der Waals surface area contributed by atoms with Crippen molar-refractivity contribution in [3.8, 4) is 5.75 Å². The Hall–Kier alpha value is -1.55. The van der Waals surface area contributed by atoms with Gasteiger partial charge in [0.25, 0.3) is 0 Å². The monoisotopic (exact) mass is 263 g/mol. The largest absolute Gasteiger partial charge is 0.497 e. The molecule has 0 heterocycles. The molecule has 0 aromatic heterocycles. The van der Waals surface area contributed by atoms with E-state index in [0.29, 0.717) is 18.5 Å². The molecular formula is C15H21NO3. The lowest BCUT2D eigenvalue weighted by atomic mass is 10.1. The third-order valence-electron chi connectivity index (χ3n) is 3.76. The summed E-state index contributed by atoms with van der Waals surface area (Å²) in [5.41, 5.74) is 1.12. The molecule has 0 saturated heterocycles. The van der Waals surface area contributed by atoms with Gasteiger partial charge in [-0.2, -0.15) is 0 Å². The maximum atomic E-state index is 11.0. The number of hydrogen-bond acceptors (Lipinski definition) is 3. The van der Waals surface area contributed by atoms with Gasteiger partial charge in [-0.05, 0) is 43.4 Å². The third-order valence-corrected chi connectivity index (χ3v) is 3.76. The van der Waals surface area contributed by atoms with Gasteiger partial charge in [0.2, 0.25) is 0 Å². The van der Waals surface area contributed by atoms with E-state index in [4.69, 9.17) is 9.84 Å². The van der Waals surface area contributed by atoms with Crippen molar-refractivity contribution >= 4 is 5.97 Å². The molecule has 1 fully saturated rings. The van der Waals surface area contributed by atoms with E-state index in [1.54, 1.807) is 7.11 Å². The first-order valence-electron chi connectivity index (χ1n) is 6.69. The molecule has 1 atom stereocenters. The average molecular weight is 263 g/mol. The molecule has 0 spiro atoms. The number of rotatable bonds is 7. The van der Waals surface area contributed by atoms with E-state index in [1.807, 2.05) is 29.2 Å². The van der Waals surface area contributed by atoms with E-state index >= 15 is 0 Å². The lowest BCUT2D eigenvalue weighted by Crippen LogP contribution is -2.38. The molecule has 0 amide bonds. The van der Waals surface area contributed by atoms with Crippen molar-refractivity contribution in [2.24, 2.45) is 5.92 Å². The fraction of sp³-hybridized carbons (Fsp3) is 0.533. The smallest absolute Gasteiger partial charge is 0.317 e. The van der Waals surface area contributed by atoms with Crippen LogP contribution < -0.4 is 4.74 Å². The van der Waals surface area contributed by atoms with Crippen LogP contribution in [0.25, 0.3) is 0 Å². The molecule has 1 N–H and O–H groups in total. The van der Waals surface area contributed by atoms with Gasteiger partial charge in [0.05, 0.1) is 13.7 Å². The predicted octanol–water partition coefficient (Wildman–Crippen LogP) is 2.38. The number of hydrogen-bond donors (Lipinski definition) is 1. The van der Waals surface area contributed by atoms with E-state index in [2.05, 4.69) is 6.92 Å². The molecular weight excluding hydrogens is 242 g/mol. The van der Waals surface area contributed by atoms with Gasteiger partial charge in [-0.15, -0.1) is 0 Å². The standard InChI is InChI=1S/C15H21NO3/c1-11(13-5-6-13)16(10-15(17)18)9-12-3-7-14(19-2)8-4-12/h3-4,7-8,11,13H,5-6,9-10H2,1-2H3,(H,17,18). The van der Waals surface area contributed by atoms with Crippen LogP contribution in [-0.4, -0.2) is 35.7 Å². The van der Waals surface area contributed by atoms with E-state index in [-0.39, 0.29) is 6.54 Å². The number of carboxylic acid groups (broad SMARTS) is 1. The molecule has 1 unspecified atom stereocenters.